The van der Waals surface area contributed by atoms with E-state index in [2.05, 4.69) is 25.6 Å². The molecule has 0 radical (unpaired) electrons. The van der Waals surface area contributed by atoms with E-state index in [0.29, 0.717) is 39.3 Å². The highest BCUT2D eigenvalue weighted by Gasteiger charge is 2.14. The van der Waals surface area contributed by atoms with Crippen LogP contribution in [0.5, 0.6) is 0 Å². The highest BCUT2D eigenvalue weighted by molar-refractivity contribution is 8.00. The molecule has 0 spiro atoms. The van der Waals surface area contributed by atoms with Crippen molar-refractivity contribution < 1.29 is 4.79 Å². The van der Waals surface area contributed by atoms with Gasteiger partial charge in [-0.2, -0.15) is 0 Å². The SMILES string of the molecule is O=C(CSc1ncnc2c1nnn2Cc1ccc(Cl)cc1)NCc1ccccc1Cl. The highest BCUT2D eigenvalue weighted by Crippen LogP contribution is 2.23. The Morgan fingerprint density at radius 3 is 2.67 bits per heavy atom. The minimum atomic E-state index is -0.125. The third kappa shape index (κ3) is 4.89. The standard InChI is InChI=1S/C20H16Cl2N6OS/c21-15-7-5-13(6-8-15)10-28-19-18(26-27-28)20(25-12-24-19)30-11-17(29)23-9-14-3-1-2-4-16(14)22/h1-8,12H,9-11H2,(H,23,29). The molecule has 7 nitrogen and oxygen atoms in total. The molecule has 2 heterocycles. The minimum absolute atomic E-state index is 0.125. The first kappa shape index (κ1) is 20.6. The summed E-state index contributed by atoms with van der Waals surface area (Å²) >= 11 is 13.3. The quantitative estimate of drug-likeness (QED) is 0.332. The minimum Gasteiger partial charge on any atom is -0.351 e. The first-order chi connectivity index (χ1) is 14.6. The number of benzene rings is 2. The number of carbonyl (C=O) groups is 1. The van der Waals surface area contributed by atoms with Gasteiger partial charge in [-0.1, -0.05) is 70.5 Å². The summed E-state index contributed by atoms with van der Waals surface area (Å²) in [6.45, 7) is 0.878. The van der Waals surface area contributed by atoms with Crippen LogP contribution in [-0.2, 0) is 17.9 Å². The summed E-state index contributed by atoms with van der Waals surface area (Å²) in [4.78, 5) is 20.8. The third-order valence-electron chi connectivity index (χ3n) is 4.29. The van der Waals surface area contributed by atoms with Crippen LogP contribution in [0.2, 0.25) is 10.0 Å². The van der Waals surface area contributed by atoms with E-state index >= 15 is 0 Å². The number of carbonyl (C=O) groups excluding carboxylic acids is 1. The molecular formula is C20H16Cl2N6OS. The van der Waals surface area contributed by atoms with Gasteiger partial charge in [0.25, 0.3) is 0 Å². The molecule has 10 heteroatoms. The smallest absolute Gasteiger partial charge is 0.230 e. The van der Waals surface area contributed by atoms with Crippen molar-refractivity contribution in [3.63, 3.8) is 0 Å². The van der Waals surface area contributed by atoms with Crippen LogP contribution in [0.3, 0.4) is 0 Å². The van der Waals surface area contributed by atoms with E-state index in [9.17, 15) is 4.79 Å². The Morgan fingerprint density at radius 1 is 1.07 bits per heavy atom. The van der Waals surface area contributed by atoms with Crippen molar-refractivity contribution in [1.82, 2.24) is 30.3 Å². The average molecular weight is 459 g/mol. The lowest BCUT2D eigenvalue weighted by molar-refractivity contribution is -0.118. The van der Waals surface area contributed by atoms with Gasteiger partial charge < -0.3 is 5.32 Å². The summed E-state index contributed by atoms with van der Waals surface area (Å²) < 4.78 is 1.70. The molecule has 4 rings (SSSR count). The largest absolute Gasteiger partial charge is 0.351 e. The molecule has 0 unspecified atom stereocenters. The molecule has 2 aromatic heterocycles. The van der Waals surface area contributed by atoms with Crippen molar-refractivity contribution in [2.24, 2.45) is 0 Å². The molecule has 30 heavy (non-hydrogen) atoms. The second-order valence-corrected chi connectivity index (χ2v) is 8.19. The van der Waals surface area contributed by atoms with Crippen molar-refractivity contribution >= 4 is 52.0 Å². The van der Waals surface area contributed by atoms with Crippen LogP contribution in [0.4, 0.5) is 0 Å². The molecule has 4 aromatic rings. The molecule has 0 saturated heterocycles. The second kappa shape index (κ2) is 9.42. The topological polar surface area (TPSA) is 85.6 Å². The fourth-order valence-corrected chi connectivity index (χ4v) is 3.86. The second-order valence-electron chi connectivity index (χ2n) is 6.38. The number of nitrogens with zero attached hydrogens (tertiary/aromatic N) is 5. The van der Waals surface area contributed by atoms with E-state index in [0.717, 1.165) is 11.1 Å². The van der Waals surface area contributed by atoms with Crippen LogP contribution in [-0.4, -0.2) is 36.6 Å². The molecule has 0 atom stereocenters. The van der Waals surface area contributed by atoms with Crippen molar-refractivity contribution in [3.8, 4) is 0 Å². The number of thioether (sulfide) groups is 1. The van der Waals surface area contributed by atoms with Gasteiger partial charge in [-0.05, 0) is 29.3 Å². The molecule has 2 aromatic carbocycles. The van der Waals surface area contributed by atoms with Crippen molar-refractivity contribution in [2.75, 3.05) is 5.75 Å². The Morgan fingerprint density at radius 2 is 1.87 bits per heavy atom. The van der Waals surface area contributed by atoms with Gasteiger partial charge in [-0.15, -0.1) is 5.10 Å². The van der Waals surface area contributed by atoms with Gasteiger partial charge in [-0.25, -0.2) is 14.6 Å². The van der Waals surface area contributed by atoms with Gasteiger partial charge in [0.15, 0.2) is 11.2 Å². The molecule has 0 aliphatic rings. The number of nitrogens with one attached hydrogen (secondary N) is 1. The molecule has 0 aliphatic heterocycles. The van der Waals surface area contributed by atoms with Crippen LogP contribution in [0.25, 0.3) is 11.2 Å². The third-order valence-corrected chi connectivity index (χ3v) is 5.89. The summed E-state index contributed by atoms with van der Waals surface area (Å²) in [5.41, 5.74) is 3.07. The molecule has 1 N–H and O–H groups in total. The number of aromatic nitrogens is 5. The van der Waals surface area contributed by atoms with E-state index in [1.54, 1.807) is 10.7 Å². The number of rotatable bonds is 7. The normalized spacial score (nSPS) is 11.0. The van der Waals surface area contributed by atoms with E-state index < -0.39 is 0 Å². The number of fused-ring (bicyclic) bond motifs is 1. The predicted molar refractivity (Wildman–Crippen MR) is 118 cm³/mol. The molecular weight excluding hydrogens is 443 g/mol. The summed E-state index contributed by atoms with van der Waals surface area (Å²) in [6.07, 6.45) is 1.45. The van der Waals surface area contributed by atoms with Gasteiger partial charge >= 0.3 is 0 Å². The zero-order valence-corrected chi connectivity index (χ0v) is 18.0. The molecule has 0 aliphatic carbocycles. The lowest BCUT2D eigenvalue weighted by Crippen LogP contribution is -2.24. The van der Waals surface area contributed by atoms with Gasteiger partial charge in [0, 0.05) is 16.6 Å². The first-order valence-corrected chi connectivity index (χ1v) is 10.8. The summed E-state index contributed by atoms with van der Waals surface area (Å²) in [6, 6.07) is 14.9. The molecule has 152 valence electrons. The van der Waals surface area contributed by atoms with E-state index in [1.807, 2.05) is 42.5 Å². The van der Waals surface area contributed by atoms with E-state index in [4.69, 9.17) is 23.2 Å². The Hall–Kier alpha value is -2.68. The van der Waals surface area contributed by atoms with Crippen LogP contribution >= 0.6 is 35.0 Å². The Labute approximate surface area is 186 Å². The molecule has 0 fully saturated rings. The van der Waals surface area contributed by atoms with Crippen molar-refractivity contribution in [2.45, 2.75) is 18.1 Å². The maximum atomic E-state index is 12.2. The summed E-state index contributed by atoms with van der Waals surface area (Å²) in [5, 5.41) is 13.2. The average Bonchev–Trinajstić information content (AvgIpc) is 3.17. The fraction of sp³-hybridized carbons (Fsp3) is 0.150. The van der Waals surface area contributed by atoms with Gasteiger partial charge in [-0.3, -0.25) is 4.79 Å². The van der Waals surface area contributed by atoms with Gasteiger partial charge in [0.1, 0.15) is 11.4 Å². The Balaban J connectivity index is 1.41. The van der Waals surface area contributed by atoms with Crippen LogP contribution in [0.1, 0.15) is 11.1 Å². The van der Waals surface area contributed by atoms with Crippen molar-refractivity contribution in [1.29, 1.82) is 0 Å². The number of amides is 1. The lowest BCUT2D eigenvalue weighted by Gasteiger charge is -2.07. The maximum Gasteiger partial charge on any atom is 0.230 e. The fourth-order valence-electron chi connectivity index (χ4n) is 2.77. The molecule has 1 amide bonds. The van der Waals surface area contributed by atoms with E-state index in [-0.39, 0.29) is 11.7 Å². The lowest BCUT2D eigenvalue weighted by atomic mass is 10.2. The highest BCUT2D eigenvalue weighted by atomic mass is 35.5. The van der Waals surface area contributed by atoms with E-state index in [1.165, 1.54) is 18.1 Å². The maximum absolute atomic E-state index is 12.2. The number of hydrogen-bond donors (Lipinski definition) is 1. The van der Waals surface area contributed by atoms with Gasteiger partial charge in [0.2, 0.25) is 5.91 Å². The van der Waals surface area contributed by atoms with Crippen LogP contribution in [0, 0.1) is 0 Å². The monoisotopic (exact) mass is 458 g/mol. The predicted octanol–water partition coefficient (Wildman–Crippen LogP) is 3.98. The van der Waals surface area contributed by atoms with Crippen molar-refractivity contribution in [3.05, 3.63) is 76.0 Å². The number of hydrogen-bond acceptors (Lipinski definition) is 6. The van der Waals surface area contributed by atoms with Crippen LogP contribution in [0.15, 0.2) is 59.9 Å². The van der Waals surface area contributed by atoms with Gasteiger partial charge in [0.05, 0.1) is 12.3 Å². The molecule has 0 bridgehead atoms. The zero-order chi connectivity index (χ0) is 20.9. The van der Waals surface area contributed by atoms with Crippen LogP contribution < -0.4 is 5.32 Å². The Bertz CT molecular complexity index is 1180. The Kier molecular flexibility index (Phi) is 6.47. The first-order valence-electron chi connectivity index (χ1n) is 9.01. The zero-order valence-electron chi connectivity index (χ0n) is 15.6. The summed E-state index contributed by atoms with van der Waals surface area (Å²) in [7, 11) is 0. The molecule has 0 saturated carbocycles. The number of halogens is 2. The summed E-state index contributed by atoms with van der Waals surface area (Å²) in [5.74, 6) is 0.0703.